The van der Waals surface area contributed by atoms with Crippen molar-refractivity contribution in [1.29, 1.82) is 0 Å². The van der Waals surface area contributed by atoms with Gasteiger partial charge in [0.25, 0.3) is 5.91 Å². The summed E-state index contributed by atoms with van der Waals surface area (Å²) < 4.78 is 45.1. The molecule has 5 amide bonds. The minimum absolute atomic E-state index is 0.141. The molecule has 31 nitrogen and oxygen atoms in total. The van der Waals surface area contributed by atoms with Crippen LogP contribution in [0.3, 0.4) is 0 Å². The number of likely N-dealkylation sites (N-methyl/N-ethyl adjacent to an activating group) is 1. The number of aldehydes is 1. The monoisotopic (exact) mass is 1450 g/mol. The number of hydrogen-bond acceptors (Lipinski definition) is 22. The average molecular weight is 1450 g/mol. The third-order valence-electron chi connectivity index (χ3n) is 15.0. The second-order valence-electron chi connectivity index (χ2n) is 23.2. The van der Waals surface area contributed by atoms with Gasteiger partial charge >= 0.3 is 55.3 Å². The van der Waals surface area contributed by atoms with Crippen molar-refractivity contribution in [2.24, 2.45) is 5.73 Å². The molecule has 0 radical (unpaired) electrons. The summed E-state index contributed by atoms with van der Waals surface area (Å²) >= 11 is 0. The van der Waals surface area contributed by atoms with Crippen molar-refractivity contribution < 1.29 is 110 Å². The van der Waals surface area contributed by atoms with Gasteiger partial charge in [-0.2, -0.15) is 4.79 Å². The van der Waals surface area contributed by atoms with Gasteiger partial charge in [0, 0.05) is 42.2 Å². The summed E-state index contributed by atoms with van der Waals surface area (Å²) in [6.07, 6.45) is 10.3. The SMILES string of the molecule is C#CC1(NC(=O)OCc2ccccc2)CC1.CC(=O)OCc1ccccc1.CNOC.CON(C)C(=O)C1(NC(=O)OCc2ccccc2)CC1.COP(=O)(OC)C(=[N+]=[N-])C(C)=O.NC1(C(=O)O)CC1.O=C(NC1(C(=O)O)CC1)OCc1ccccc1.O=CC1(NC(=O)OCc2ccccc2)CC1. The number of carboxylic acid groups (broad SMARTS) is 2. The van der Waals surface area contributed by atoms with E-state index in [1.165, 1.54) is 21.1 Å². The van der Waals surface area contributed by atoms with Gasteiger partial charge in [-0.05, 0) is 92.0 Å². The summed E-state index contributed by atoms with van der Waals surface area (Å²) in [6, 6.07) is 47.1. The zero-order valence-electron chi connectivity index (χ0n) is 58.6. The Kier molecular flexibility index (Phi) is 36.9. The molecule has 32 heteroatoms. The molecule has 103 heavy (non-hydrogen) atoms. The zero-order valence-corrected chi connectivity index (χ0v) is 59.5. The average Bonchev–Trinajstić information content (AvgIpc) is 1.65. The van der Waals surface area contributed by atoms with Crippen LogP contribution in [0.2, 0.25) is 0 Å². The predicted octanol–water partition coefficient (Wildman–Crippen LogP) is 8.49. The van der Waals surface area contributed by atoms with Gasteiger partial charge in [-0.15, -0.1) is 6.42 Å². The number of benzene rings is 5. The van der Waals surface area contributed by atoms with E-state index in [-0.39, 0.29) is 38.3 Å². The number of hydroxylamine groups is 3. The molecular formula is C71H90N9O22P. The van der Waals surface area contributed by atoms with Gasteiger partial charge in [0.2, 0.25) is 5.78 Å². The number of nitrogens with one attached hydrogen (secondary N) is 5. The first-order valence-electron chi connectivity index (χ1n) is 31.8. The van der Waals surface area contributed by atoms with E-state index in [2.05, 4.69) is 51.3 Å². The number of alkyl carbamates (subject to hydrolysis) is 4. The second-order valence-corrected chi connectivity index (χ2v) is 25.3. The Morgan fingerprint density at radius 2 is 0.874 bits per heavy atom. The number of Topliss-reactive ketones (excluding diaryl/α,β-unsaturated/α-hetero) is 1. The molecule has 0 aromatic heterocycles. The lowest BCUT2D eigenvalue weighted by atomic mass is 10.2. The first-order chi connectivity index (χ1) is 49.0. The fraction of sp³-hybridized carbons (Fsp3) is 0.394. The van der Waals surface area contributed by atoms with Gasteiger partial charge in [0.05, 0.1) is 19.8 Å². The minimum atomic E-state index is -3.70. The molecule has 556 valence electrons. The van der Waals surface area contributed by atoms with Crippen LogP contribution in [-0.2, 0) is 109 Å². The molecule has 0 spiro atoms. The van der Waals surface area contributed by atoms with E-state index in [1.807, 2.05) is 152 Å². The number of rotatable bonds is 24. The number of carbonyl (C=O) groups excluding carboxylic acids is 8. The number of ether oxygens (including phenoxy) is 5. The molecular weight excluding hydrogens is 1360 g/mol. The number of nitrogens with zero attached hydrogens (tertiary/aromatic N) is 3. The maximum atomic E-state index is 12.0. The summed E-state index contributed by atoms with van der Waals surface area (Å²) in [5, 5.41) is 28.4. The maximum absolute atomic E-state index is 12.0. The molecule has 0 saturated heterocycles. The van der Waals surface area contributed by atoms with Crippen molar-refractivity contribution in [2.45, 2.75) is 139 Å². The van der Waals surface area contributed by atoms with Crippen molar-refractivity contribution in [2.75, 3.05) is 42.5 Å². The fourth-order valence-corrected chi connectivity index (χ4v) is 8.75. The van der Waals surface area contributed by atoms with E-state index in [9.17, 15) is 52.5 Å². The minimum Gasteiger partial charge on any atom is -0.480 e. The molecule has 0 atom stereocenters. The number of ketones is 1. The van der Waals surface area contributed by atoms with Crippen LogP contribution in [0.4, 0.5) is 19.2 Å². The Labute approximate surface area is 597 Å². The highest BCUT2D eigenvalue weighted by Crippen LogP contribution is 2.47. The van der Waals surface area contributed by atoms with Crippen LogP contribution >= 0.6 is 7.60 Å². The van der Waals surface area contributed by atoms with E-state index in [1.54, 1.807) is 14.2 Å². The lowest BCUT2D eigenvalue weighted by Gasteiger charge is -2.21. The Morgan fingerprint density at radius 1 is 0.544 bits per heavy atom. The normalized spacial score (nSPS) is 14.8. The molecule has 0 bridgehead atoms. The first kappa shape index (κ1) is 86.6. The van der Waals surface area contributed by atoms with Crippen LogP contribution in [0.5, 0.6) is 0 Å². The molecule has 5 saturated carbocycles. The molecule has 5 fully saturated rings. The molecule has 5 aliphatic rings. The maximum Gasteiger partial charge on any atom is 0.446 e. The van der Waals surface area contributed by atoms with Crippen molar-refractivity contribution >= 4 is 73.3 Å². The smallest absolute Gasteiger partial charge is 0.446 e. The Morgan fingerprint density at radius 3 is 1.09 bits per heavy atom. The number of esters is 1. The van der Waals surface area contributed by atoms with Crippen LogP contribution in [-0.4, -0.2) is 156 Å². The first-order valence-corrected chi connectivity index (χ1v) is 33.4. The van der Waals surface area contributed by atoms with E-state index >= 15 is 0 Å². The Balaban J connectivity index is 0.000000314. The number of hydrogen-bond donors (Lipinski definition) is 8. The standard InChI is InChI=1S/C14H18N2O4.C13H13NO2.C12H13NO4.C12H13NO3.C9H10O2.C5H9N2O4P.C4H7NO2.C2H7NO/c1-16(19-2)12(17)14(8-9-14)15-13(18)20-10-11-6-4-3-5-7-11;1-2-13(8-9-13)14-12(15)16-10-11-6-4-3-5-7-11;14-10(15)12(6-7-12)13-11(16)17-8-9-4-2-1-3-5-9;14-9-12(6-7-12)13-11(15)16-8-10-4-2-1-3-5-10;1-8(10)11-7-9-5-3-2-4-6-9;1-4(8)5(7-6)12(9,10-2)11-3;5-4(1-2-4)3(6)7;1-3-4-2/h3-7H,8-10H2,1-2H3,(H,15,18);1,3-7H,8-10H2,(H,14,15);1-5H,6-8H2,(H,13,16)(H,14,15);1-5,9H,6-8H2,(H,13,15);2-6H,7H2,1H3;1-3H3;1-2,5H2,(H,6,7);3H,1-2H3. The van der Waals surface area contributed by atoms with E-state index in [0.717, 1.165) is 73.2 Å². The summed E-state index contributed by atoms with van der Waals surface area (Å²) in [7, 11) is 4.69. The number of amides is 5. The molecule has 5 aliphatic carbocycles. The second kappa shape index (κ2) is 43.9. The highest BCUT2D eigenvalue weighted by molar-refractivity contribution is 7.74. The van der Waals surface area contributed by atoms with E-state index in [4.69, 9.17) is 56.4 Å². The van der Waals surface area contributed by atoms with Crippen LogP contribution in [0.1, 0.15) is 106 Å². The Bertz CT molecular complexity index is 3670. The number of nitrogens with two attached hydrogens (primary N) is 1. The highest BCUT2D eigenvalue weighted by Gasteiger charge is 2.54. The predicted molar refractivity (Wildman–Crippen MR) is 372 cm³/mol. The summed E-state index contributed by atoms with van der Waals surface area (Å²) in [5.41, 5.74) is 16.1. The van der Waals surface area contributed by atoms with Gasteiger partial charge in [0.1, 0.15) is 61.5 Å². The van der Waals surface area contributed by atoms with Gasteiger partial charge in [-0.3, -0.25) is 24.0 Å². The molecule has 10 rings (SSSR count). The molecule has 5 aromatic rings. The topological polar surface area (TPSA) is 437 Å². The van der Waals surface area contributed by atoms with Gasteiger partial charge < -0.3 is 85.1 Å². The van der Waals surface area contributed by atoms with Gasteiger partial charge in [-0.1, -0.05) is 158 Å². The molecule has 9 N–H and O–H groups in total. The molecule has 0 unspecified atom stereocenters. The number of carbonyl (C=O) groups is 10. The number of aliphatic carboxylic acids is 2. The van der Waals surface area contributed by atoms with Crippen molar-refractivity contribution in [3.05, 3.63) is 185 Å². The molecule has 0 heterocycles. The van der Waals surface area contributed by atoms with Crippen LogP contribution in [0, 0.1) is 12.3 Å². The lowest BCUT2D eigenvalue weighted by Crippen LogP contribution is -2.49. The van der Waals surface area contributed by atoms with Crippen molar-refractivity contribution in [3.8, 4) is 12.3 Å². The fourth-order valence-electron chi connectivity index (χ4n) is 7.76. The van der Waals surface area contributed by atoms with Crippen LogP contribution in [0.25, 0.3) is 5.53 Å². The quantitative estimate of drug-likeness (QED) is 0.00330. The highest BCUT2D eigenvalue weighted by atomic mass is 31.2. The Hall–Kier alpha value is -10.7. The summed E-state index contributed by atoms with van der Waals surface area (Å²) in [5.74, 6) is -0.475. The number of carboxylic acids is 2. The summed E-state index contributed by atoms with van der Waals surface area (Å²) in [6.45, 7) is 3.69. The van der Waals surface area contributed by atoms with E-state index in [0.29, 0.717) is 58.0 Å². The van der Waals surface area contributed by atoms with Crippen LogP contribution < -0.4 is 32.5 Å². The van der Waals surface area contributed by atoms with E-state index < -0.39 is 82.8 Å². The largest absolute Gasteiger partial charge is 0.480 e. The van der Waals surface area contributed by atoms with Gasteiger partial charge in [0.15, 0.2) is 0 Å². The number of terminal acetylenes is 1. The zero-order chi connectivity index (χ0) is 76.5. The summed E-state index contributed by atoms with van der Waals surface area (Å²) in [4.78, 5) is 122. The van der Waals surface area contributed by atoms with Crippen LogP contribution in [0.15, 0.2) is 152 Å². The molecule has 5 aromatic carbocycles. The third kappa shape index (κ3) is 33.1. The van der Waals surface area contributed by atoms with Gasteiger partial charge in [-0.25, -0.2) is 39.1 Å². The molecule has 0 aliphatic heterocycles. The van der Waals surface area contributed by atoms with Crippen molar-refractivity contribution in [3.63, 3.8) is 0 Å². The van der Waals surface area contributed by atoms with Crippen molar-refractivity contribution in [1.82, 2.24) is 31.8 Å². The third-order valence-corrected chi connectivity index (χ3v) is 16.9. The lowest BCUT2D eigenvalue weighted by molar-refractivity contribution is -0.172.